The Bertz CT molecular complexity index is 459. The number of carbonyl (C=O) groups is 1. The molecule has 20 heavy (non-hydrogen) atoms. The van der Waals surface area contributed by atoms with Crippen LogP contribution in [-0.4, -0.2) is 42.6 Å². The van der Waals surface area contributed by atoms with Crippen molar-refractivity contribution in [1.29, 1.82) is 0 Å². The molecule has 0 bridgehead atoms. The van der Waals surface area contributed by atoms with Gasteiger partial charge in [-0.2, -0.15) is 0 Å². The number of aliphatic hydroxyl groups is 1. The molecule has 0 radical (unpaired) electrons. The van der Waals surface area contributed by atoms with Gasteiger partial charge in [0, 0.05) is 31.4 Å². The summed E-state index contributed by atoms with van der Waals surface area (Å²) in [4.78, 5) is 15.5. The molecule has 112 valence electrons. The molecule has 1 aromatic rings. The normalized spacial score (nSPS) is 12.1. The van der Waals surface area contributed by atoms with E-state index < -0.39 is 11.9 Å². The van der Waals surface area contributed by atoms with Gasteiger partial charge in [-0.25, -0.2) is 4.39 Å². The highest BCUT2D eigenvalue weighted by Gasteiger charge is 2.19. The zero-order valence-electron chi connectivity index (χ0n) is 12.6. The molecule has 0 aliphatic heterocycles. The van der Waals surface area contributed by atoms with Gasteiger partial charge in [0.1, 0.15) is 5.82 Å². The Morgan fingerprint density at radius 3 is 2.45 bits per heavy atom. The average Bonchev–Trinajstić information content (AvgIpc) is 2.39. The Balaban J connectivity index is 2.96. The third-order valence-electron chi connectivity index (χ3n) is 3.35. The lowest BCUT2D eigenvalue weighted by atomic mass is 10.1. The minimum Gasteiger partial charge on any atom is -0.389 e. The van der Waals surface area contributed by atoms with Crippen LogP contribution >= 0.6 is 0 Å². The van der Waals surface area contributed by atoms with E-state index in [1.165, 1.54) is 13.0 Å². The summed E-state index contributed by atoms with van der Waals surface area (Å²) in [5.74, 6) is -0.474. The van der Waals surface area contributed by atoms with Crippen molar-refractivity contribution in [2.24, 2.45) is 0 Å². The molecule has 1 rings (SSSR count). The molecule has 0 aliphatic carbocycles. The number of benzene rings is 1. The maximum atomic E-state index is 13.8. The average molecular weight is 282 g/mol. The second-order valence-corrected chi connectivity index (χ2v) is 4.77. The van der Waals surface area contributed by atoms with Crippen LogP contribution in [0.3, 0.4) is 0 Å². The summed E-state index contributed by atoms with van der Waals surface area (Å²) < 4.78 is 13.8. The Labute approximate surface area is 119 Å². The summed E-state index contributed by atoms with van der Waals surface area (Å²) in [6.45, 7) is 6.81. The molecule has 1 aromatic carbocycles. The molecule has 0 saturated carbocycles. The van der Waals surface area contributed by atoms with Gasteiger partial charge in [-0.15, -0.1) is 0 Å². The summed E-state index contributed by atoms with van der Waals surface area (Å²) in [7, 11) is 1.72. The first kappa shape index (κ1) is 16.4. The third kappa shape index (κ3) is 3.70. The molecule has 1 atom stereocenters. The summed E-state index contributed by atoms with van der Waals surface area (Å²) >= 11 is 0. The third-order valence-corrected chi connectivity index (χ3v) is 3.35. The van der Waals surface area contributed by atoms with Gasteiger partial charge in [0.25, 0.3) is 0 Å². The largest absolute Gasteiger partial charge is 0.389 e. The van der Waals surface area contributed by atoms with E-state index in [-0.39, 0.29) is 18.0 Å². The number of rotatable bonds is 6. The van der Waals surface area contributed by atoms with Gasteiger partial charge >= 0.3 is 0 Å². The van der Waals surface area contributed by atoms with Crippen molar-refractivity contribution in [2.75, 3.05) is 31.6 Å². The summed E-state index contributed by atoms with van der Waals surface area (Å²) in [5.41, 5.74) is 0.767. The topological polar surface area (TPSA) is 43.8 Å². The van der Waals surface area contributed by atoms with Gasteiger partial charge in [0.05, 0.1) is 12.6 Å². The number of hydrogen-bond acceptors (Lipinski definition) is 3. The van der Waals surface area contributed by atoms with E-state index in [9.17, 15) is 14.3 Å². The Kier molecular flexibility index (Phi) is 5.95. The van der Waals surface area contributed by atoms with Crippen LogP contribution in [0.15, 0.2) is 18.2 Å². The van der Waals surface area contributed by atoms with Crippen LogP contribution in [-0.2, 0) is 4.79 Å². The van der Waals surface area contributed by atoms with E-state index in [2.05, 4.69) is 0 Å². The molecule has 1 unspecified atom stereocenters. The van der Waals surface area contributed by atoms with Gasteiger partial charge < -0.3 is 14.9 Å². The van der Waals surface area contributed by atoms with Crippen LogP contribution in [0.4, 0.5) is 10.1 Å². The molecule has 0 heterocycles. The number of nitrogens with zero attached hydrogens (tertiary/aromatic N) is 2. The number of likely N-dealkylation sites (N-methyl/N-ethyl adjacent to an activating group) is 2. The molecule has 0 saturated heterocycles. The minimum atomic E-state index is -0.919. The fourth-order valence-electron chi connectivity index (χ4n) is 2.24. The highest BCUT2D eigenvalue weighted by atomic mass is 19.1. The predicted octanol–water partition coefficient (Wildman–Crippen LogP) is 2.18. The van der Waals surface area contributed by atoms with E-state index >= 15 is 0 Å². The molecule has 4 nitrogen and oxygen atoms in total. The smallest absolute Gasteiger partial charge is 0.242 e. The number of amides is 1. The van der Waals surface area contributed by atoms with Crippen molar-refractivity contribution in [2.45, 2.75) is 26.9 Å². The number of aliphatic hydroxyl groups excluding tert-OH is 1. The standard InChI is InChI=1S/C15H23FN2O2/c1-5-18(6-2)14(20)10-17(4)13-9-7-8-12(16)15(13)11(3)19/h7-9,11,19H,5-6,10H2,1-4H3. The van der Waals surface area contributed by atoms with Crippen molar-refractivity contribution < 1.29 is 14.3 Å². The van der Waals surface area contributed by atoms with Crippen molar-refractivity contribution in [3.63, 3.8) is 0 Å². The first-order valence-corrected chi connectivity index (χ1v) is 6.87. The lowest BCUT2D eigenvalue weighted by Gasteiger charge is -2.26. The Morgan fingerprint density at radius 2 is 1.95 bits per heavy atom. The number of halogens is 1. The monoisotopic (exact) mass is 282 g/mol. The number of anilines is 1. The van der Waals surface area contributed by atoms with E-state index in [0.717, 1.165) is 0 Å². The first-order chi connectivity index (χ1) is 9.42. The van der Waals surface area contributed by atoms with Crippen LogP contribution in [0.2, 0.25) is 0 Å². The molecule has 1 N–H and O–H groups in total. The molecule has 0 fully saturated rings. The van der Waals surface area contributed by atoms with Crippen molar-refractivity contribution in [3.8, 4) is 0 Å². The van der Waals surface area contributed by atoms with Crippen molar-refractivity contribution >= 4 is 11.6 Å². The van der Waals surface area contributed by atoms with Crippen LogP contribution in [0.25, 0.3) is 0 Å². The number of hydrogen-bond donors (Lipinski definition) is 1. The molecule has 0 aliphatic rings. The van der Waals surface area contributed by atoms with Crippen LogP contribution in [0.5, 0.6) is 0 Å². The fourth-order valence-corrected chi connectivity index (χ4v) is 2.24. The summed E-state index contributed by atoms with van der Waals surface area (Å²) in [6.07, 6.45) is -0.919. The zero-order valence-corrected chi connectivity index (χ0v) is 12.6. The number of carbonyl (C=O) groups excluding carboxylic acids is 1. The second kappa shape index (κ2) is 7.24. The molecule has 0 aromatic heterocycles. The molecule has 1 amide bonds. The van der Waals surface area contributed by atoms with E-state index in [1.807, 2.05) is 13.8 Å². The maximum Gasteiger partial charge on any atom is 0.242 e. The van der Waals surface area contributed by atoms with E-state index in [4.69, 9.17) is 0 Å². The van der Waals surface area contributed by atoms with Crippen LogP contribution in [0.1, 0.15) is 32.4 Å². The molecular weight excluding hydrogens is 259 g/mol. The fraction of sp³-hybridized carbons (Fsp3) is 0.533. The van der Waals surface area contributed by atoms with Gasteiger partial charge in [-0.3, -0.25) is 4.79 Å². The van der Waals surface area contributed by atoms with Crippen LogP contribution < -0.4 is 4.90 Å². The molecular formula is C15H23FN2O2. The van der Waals surface area contributed by atoms with Gasteiger partial charge in [0.15, 0.2) is 0 Å². The lowest BCUT2D eigenvalue weighted by Crippen LogP contribution is -2.39. The quantitative estimate of drug-likeness (QED) is 0.870. The molecule has 0 spiro atoms. The van der Waals surface area contributed by atoms with Gasteiger partial charge in [-0.05, 0) is 32.9 Å². The summed E-state index contributed by atoms with van der Waals surface area (Å²) in [6, 6.07) is 4.60. The van der Waals surface area contributed by atoms with E-state index in [1.54, 1.807) is 29.0 Å². The Morgan fingerprint density at radius 1 is 1.35 bits per heavy atom. The SMILES string of the molecule is CCN(CC)C(=O)CN(C)c1cccc(F)c1C(C)O. The van der Waals surface area contributed by atoms with Gasteiger partial charge in [-0.1, -0.05) is 6.07 Å². The minimum absolute atomic E-state index is 0.0155. The lowest BCUT2D eigenvalue weighted by molar-refractivity contribution is -0.129. The first-order valence-electron chi connectivity index (χ1n) is 6.87. The zero-order chi connectivity index (χ0) is 15.3. The maximum absolute atomic E-state index is 13.8. The second-order valence-electron chi connectivity index (χ2n) is 4.77. The van der Waals surface area contributed by atoms with Crippen molar-refractivity contribution in [3.05, 3.63) is 29.6 Å². The van der Waals surface area contributed by atoms with E-state index in [0.29, 0.717) is 18.8 Å². The highest BCUT2D eigenvalue weighted by Crippen LogP contribution is 2.28. The van der Waals surface area contributed by atoms with Crippen molar-refractivity contribution in [1.82, 2.24) is 4.90 Å². The summed E-state index contributed by atoms with van der Waals surface area (Å²) in [5, 5.41) is 9.71. The molecule has 5 heteroatoms. The van der Waals surface area contributed by atoms with Gasteiger partial charge in [0.2, 0.25) is 5.91 Å². The highest BCUT2D eigenvalue weighted by molar-refractivity contribution is 5.81. The predicted molar refractivity (Wildman–Crippen MR) is 78.2 cm³/mol. The Hall–Kier alpha value is -1.62. The van der Waals surface area contributed by atoms with Crippen LogP contribution in [0, 0.1) is 5.82 Å².